The fraction of sp³-hybridized carbons (Fsp3) is 0.0667. The second-order valence-electron chi connectivity index (χ2n) is 4.08. The van der Waals surface area contributed by atoms with Crippen LogP contribution in [0, 0.1) is 0 Å². The summed E-state index contributed by atoms with van der Waals surface area (Å²) in [5.41, 5.74) is 3.33. The van der Waals surface area contributed by atoms with Crippen molar-refractivity contribution in [1.29, 1.82) is 0 Å². The summed E-state index contributed by atoms with van der Waals surface area (Å²) in [5.74, 6) is 0. The lowest BCUT2D eigenvalue weighted by Crippen LogP contribution is -2.00. The molecule has 2 heterocycles. The van der Waals surface area contributed by atoms with Gasteiger partial charge in [-0.25, -0.2) is 0 Å². The first-order chi connectivity index (χ1) is 8.93. The summed E-state index contributed by atoms with van der Waals surface area (Å²) in [4.78, 5) is 8.36. The molecule has 0 radical (unpaired) electrons. The monoisotopic (exact) mass is 235 g/mol. The van der Waals surface area contributed by atoms with Gasteiger partial charge in [-0.15, -0.1) is 0 Å². The molecule has 3 aromatic rings. The smallest absolute Gasteiger partial charge is 0.0722 e. The number of hydrogen-bond donors (Lipinski definition) is 1. The summed E-state index contributed by atoms with van der Waals surface area (Å²) in [6.45, 7) is 0.788. The third kappa shape index (κ3) is 2.15. The lowest BCUT2D eigenvalue weighted by Gasteiger charge is -2.09. The van der Waals surface area contributed by atoms with Gasteiger partial charge in [0.2, 0.25) is 0 Å². The zero-order chi connectivity index (χ0) is 12.2. The van der Waals surface area contributed by atoms with E-state index in [1.165, 1.54) is 5.56 Å². The maximum atomic E-state index is 4.35. The van der Waals surface area contributed by atoms with Gasteiger partial charge in [-0.3, -0.25) is 9.97 Å². The molecule has 2 aromatic heterocycles. The summed E-state index contributed by atoms with van der Waals surface area (Å²) < 4.78 is 0. The summed E-state index contributed by atoms with van der Waals surface area (Å²) in [5, 5.41) is 4.58. The molecule has 0 saturated heterocycles. The first-order valence-corrected chi connectivity index (χ1v) is 5.90. The van der Waals surface area contributed by atoms with Gasteiger partial charge in [0.15, 0.2) is 0 Å². The van der Waals surface area contributed by atoms with Crippen molar-refractivity contribution in [3.63, 3.8) is 0 Å². The Bertz CT molecular complexity index is 645. The van der Waals surface area contributed by atoms with Crippen LogP contribution in [0.4, 0.5) is 5.69 Å². The Morgan fingerprint density at radius 3 is 2.61 bits per heavy atom. The van der Waals surface area contributed by atoms with Gasteiger partial charge in [-0.05, 0) is 29.8 Å². The zero-order valence-corrected chi connectivity index (χ0v) is 9.88. The molecular weight excluding hydrogens is 222 g/mol. The number of rotatable bonds is 3. The second kappa shape index (κ2) is 4.84. The van der Waals surface area contributed by atoms with Gasteiger partial charge in [-0.2, -0.15) is 0 Å². The highest BCUT2D eigenvalue weighted by Crippen LogP contribution is 2.21. The van der Waals surface area contributed by atoms with Crippen molar-refractivity contribution in [3.8, 4) is 0 Å². The Morgan fingerprint density at radius 1 is 0.889 bits per heavy atom. The van der Waals surface area contributed by atoms with Gasteiger partial charge < -0.3 is 5.32 Å². The average Bonchev–Trinajstić information content (AvgIpc) is 2.46. The first-order valence-electron chi connectivity index (χ1n) is 5.90. The van der Waals surface area contributed by atoms with Crippen LogP contribution >= 0.6 is 0 Å². The molecular formula is C15H13N3. The van der Waals surface area contributed by atoms with E-state index in [1.54, 1.807) is 0 Å². The van der Waals surface area contributed by atoms with E-state index in [4.69, 9.17) is 0 Å². The van der Waals surface area contributed by atoms with Crippen LogP contribution in [0.25, 0.3) is 10.9 Å². The molecule has 1 aromatic carbocycles. The van der Waals surface area contributed by atoms with E-state index in [2.05, 4.69) is 21.4 Å². The molecule has 0 unspecified atom stereocenters. The minimum Gasteiger partial charge on any atom is -0.380 e. The largest absolute Gasteiger partial charge is 0.380 e. The topological polar surface area (TPSA) is 37.8 Å². The van der Waals surface area contributed by atoms with Gasteiger partial charge in [-0.1, -0.05) is 18.2 Å². The van der Waals surface area contributed by atoms with Gasteiger partial charge >= 0.3 is 0 Å². The minimum atomic E-state index is 0.788. The van der Waals surface area contributed by atoms with E-state index in [0.717, 1.165) is 23.1 Å². The Hall–Kier alpha value is -2.42. The highest BCUT2D eigenvalue weighted by Gasteiger charge is 2.00. The Balaban J connectivity index is 1.87. The number of nitrogens with one attached hydrogen (secondary N) is 1. The van der Waals surface area contributed by atoms with Gasteiger partial charge in [0.25, 0.3) is 0 Å². The number of benzene rings is 1. The Labute approximate surface area is 106 Å². The van der Waals surface area contributed by atoms with Crippen molar-refractivity contribution in [2.75, 3.05) is 5.32 Å². The van der Waals surface area contributed by atoms with Crippen LogP contribution < -0.4 is 5.32 Å². The Morgan fingerprint density at radius 2 is 1.72 bits per heavy atom. The lowest BCUT2D eigenvalue weighted by molar-refractivity contribution is 1.13. The molecule has 0 aliphatic rings. The summed E-state index contributed by atoms with van der Waals surface area (Å²) in [7, 11) is 0. The quantitative estimate of drug-likeness (QED) is 0.757. The van der Waals surface area contributed by atoms with Crippen molar-refractivity contribution in [2.24, 2.45) is 0 Å². The van der Waals surface area contributed by atoms with Crippen molar-refractivity contribution in [1.82, 2.24) is 9.97 Å². The van der Waals surface area contributed by atoms with E-state index in [-0.39, 0.29) is 0 Å². The highest BCUT2D eigenvalue weighted by molar-refractivity contribution is 5.90. The molecule has 0 amide bonds. The standard InChI is InChI=1S/C15H13N3/c1-2-4-14-13(3-1)15(7-10-17-14)18-11-12-5-8-16-9-6-12/h1-10H,11H2,(H,17,18). The number of nitrogens with zero attached hydrogens (tertiary/aromatic N) is 2. The SMILES string of the molecule is c1ccc2c(NCc3ccncc3)ccnc2c1. The molecule has 0 atom stereocenters. The third-order valence-electron chi connectivity index (χ3n) is 2.88. The van der Waals surface area contributed by atoms with Crippen LogP contribution in [0.3, 0.4) is 0 Å². The summed E-state index contributed by atoms with van der Waals surface area (Å²) in [6.07, 6.45) is 5.44. The van der Waals surface area contributed by atoms with Gasteiger partial charge in [0, 0.05) is 36.2 Å². The predicted molar refractivity (Wildman–Crippen MR) is 73.3 cm³/mol. The number of aromatic nitrogens is 2. The van der Waals surface area contributed by atoms with Gasteiger partial charge in [0.05, 0.1) is 5.52 Å². The second-order valence-corrected chi connectivity index (χ2v) is 4.08. The molecule has 0 spiro atoms. The van der Waals surface area contributed by atoms with Crippen LogP contribution in [0.1, 0.15) is 5.56 Å². The molecule has 0 saturated carbocycles. The molecule has 3 nitrogen and oxygen atoms in total. The Kier molecular flexibility index (Phi) is 2.88. The minimum absolute atomic E-state index is 0.788. The van der Waals surface area contributed by atoms with E-state index < -0.39 is 0 Å². The van der Waals surface area contributed by atoms with Crippen LogP contribution in [-0.2, 0) is 6.54 Å². The highest BCUT2D eigenvalue weighted by atomic mass is 14.9. The first kappa shape index (κ1) is 10.7. The van der Waals surface area contributed by atoms with Crippen molar-refractivity contribution >= 4 is 16.6 Å². The van der Waals surface area contributed by atoms with E-state index in [1.807, 2.05) is 55.0 Å². The zero-order valence-electron chi connectivity index (χ0n) is 9.88. The van der Waals surface area contributed by atoms with Crippen LogP contribution in [0.5, 0.6) is 0 Å². The number of fused-ring (bicyclic) bond motifs is 1. The number of para-hydroxylation sites is 1. The van der Waals surface area contributed by atoms with Crippen LogP contribution in [0.2, 0.25) is 0 Å². The molecule has 0 bridgehead atoms. The van der Waals surface area contributed by atoms with E-state index in [0.29, 0.717) is 0 Å². The molecule has 0 fully saturated rings. The van der Waals surface area contributed by atoms with Gasteiger partial charge in [0.1, 0.15) is 0 Å². The lowest BCUT2D eigenvalue weighted by atomic mass is 10.2. The van der Waals surface area contributed by atoms with Crippen molar-refractivity contribution < 1.29 is 0 Å². The fourth-order valence-corrected chi connectivity index (χ4v) is 1.95. The maximum Gasteiger partial charge on any atom is 0.0722 e. The molecule has 0 aliphatic heterocycles. The average molecular weight is 235 g/mol. The molecule has 0 aliphatic carbocycles. The summed E-state index contributed by atoms with van der Waals surface area (Å²) >= 11 is 0. The predicted octanol–water partition coefficient (Wildman–Crippen LogP) is 3.24. The number of hydrogen-bond acceptors (Lipinski definition) is 3. The molecule has 1 N–H and O–H groups in total. The number of pyridine rings is 2. The molecule has 18 heavy (non-hydrogen) atoms. The normalized spacial score (nSPS) is 10.4. The maximum absolute atomic E-state index is 4.35. The fourth-order valence-electron chi connectivity index (χ4n) is 1.95. The van der Waals surface area contributed by atoms with Crippen LogP contribution in [-0.4, -0.2) is 9.97 Å². The number of anilines is 1. The van der Waals surface area contributed by atoms with Crippen molar-refractivity contribution in [3.05, 3.63) is 66.6 Å². The molecule has 3 rings (SSSR count). The van der Waals surface area contributed by atoms with Crippen molar-refractivity contribution in [2.45, 2.75) is 6.54 Å². The van der Waals surface area contributed by atoms with E-state index in [9.17, 15) is 0 Å². The third-order valence-corrected chi connectivity index (χ3v) is 2.88. The summed E-state index contributed by atoms with van der Waals surface area (Å²) in [6, 6.07) is 14.2. The van der Waals surface area contributed by atoms with Crippen LogP contribution in [0.15, 0.2) is 61.1 Å². The van der Waals surface area contributed by atoms with E-state index >= 15 is 0 Å². The molecule has 3 heteroatoms. The molecule has 88 valence electrons.